The van der Waals surface area contributed by atoms with Crippen LogP contribution in [0, 0.1) is 0 Å². The lowest BCUT2D eigenvalue weighted by Crippen LogP contribution is -2.13. The Morgan fingerprint density at radius 3 is 2.70 bits per heavy atom. The summed E-state index contributed by atoms with van der Waals surface area (Å²) in [6.45, 7) is 0.494. The Kier molecular flexibility index (Phi) is 3.67. The second kappa shape index (κ2) is 5.61. The minimum Gasteiger partial charge on any atom is -0.493 e. The third-order valence-corrected chi connectivity index (χ3v) is 3.84. The maximum absolute atomic E-state index is 11.1. The molecule has 0 bridgehead atoms. The van der Waals surface area contributed by atoms with Crippen molar-refractivity contribution < 1.29 is 19.0 Å². The Morgan fingerprint density at radius 2 is 2.05 bits per heavy atom. The number of alkyl carbamates (subject to hydrolysis) is 1. The average molecular weight is 277 g/mol. The molecule has 0 spiro atoms. The van der Waals surface area contributed by atoms with E-state index in [1.165, 1.54) is 12.8 Å². The summed E-state index contributed by atoms with van der Waals surface area (Å²) in [5.74, 6) is 1.46. The van der Waals surface area contributed by atoms with Gasteiger partial charge in [-0.2, -0.15) is 0 Å². The summed E-state index contributed by atoms with van der Waals surface area (Å²) in [5, 5.41) is 2.66. The van der Waals surface area contributed by atoms with Crippen molar-refractivity contribution in [2.24, 2.45) is 0 Å². The van der Waals surface area contributed by atoms with Gasteiger partial charge in [0.25, 0.3) is 0 Å². The van der Waals surface area contributed by atoms with Gasteiger partial charge in [0, 0.05) is 0 Å². The van der Waals surface area contributed by atoms with Crippen molar-refractivity contribution in [2.45, 2.75) is 37.9 Å². The highest BCUT2D eigenvalue weighted by molar-refractivity contribution is 5.69. The van der Waals surface area contributed by atoms with Crippen LogP contribution in [-0.2, 0) is 4.74 Å². The number of hydrogen-bond donors (Lipinski definition) is 1. The molecule has 1 saturated heterocycles. The second-order valence-corrected chi connectivity index (χ2v) is 5.21. The van der Waals surface area contributed by atoms with E-state index < -0.39 is 0 Å². The molecule has 1 atom stereocenters. The van der Waals surface area contributed by atoms with E-state index >= 15 is 0 Å². The van der Waals surface area contributed by atoms with E-state index in [0.717, 1.165) is 29.9 Å². The first-order valence-electron chi connectivity index (χ1n) is 7.05. The fourth-order valence-corrected chi connectivity index (χ4v) is 2.75. The molecule has 3 rings (SSSR count). The molecule has 108 valence electrons. The zero-order valence-corrected chi connectivity index (χ0v) is 11.6. The Labute approximate surface area is 118 Å². The van der Waals surface area contributed by atoms with Crippen LogP contribution >= 0.6 is 0 Å². The minimum atomic E-state index is -0.371. The van der Waals surface area contributed by atoms with Crippen molar-refractivity contribution in [3.8, 4) is 11.5 Å². The van der Waals surface area contributed by atoms with Crippen molar-refractivity contribution in [2.75, 3.05) is 13.7 Å². The molecule has 1 heterocycles. The van der Waals surface area contributed by atoms with E-state index in [0.29, 0.717) is 6.54 Å². The molecular formula is C15H19NO4. The van der Waals surface area contributed by atoms with Gasteiger partial charge < -0.3 is 19.5 Å². The van der Waals surface area contributed by atoms with Gasteiger partial charge in [0.05, 0.1) is 19.8 Å². The molecule has 0 aromatic heterocycles. The van der Waals surface area contributed by atoms with Crippen molar-refractivity contribution in [1.29, 1.82) is 0 Å². The number of ether oxygens (including phenoxy) is 3. The molecule has 1 aromatic carbocycles. The van der Waals surface area contributed by atoms with Gasteiger partial charge in [0.15, 0.2) is 11.5 Å². The SMILES string of the molecule is COc1ccc(C2CNC(=O)O2)cc1OC1CCCC1. The van der Waals surface area contributed by atoms with Gasteiger partial charge in [-0.25, -0.2) is 4.79 Å². The highest BCUT2D eigenvalue weighted by Crippen LogP contribution is 2.35. The van der Waals surface area contributed by atoms with Crippen LogP contribution in [0.4, 0.5) is 4.79 Å². The Morgan fingerprint density at radius 1 is 1.25 bits per heavy atom. The highest BCUT2D eigenvalue weighted by Gasteiger charge is 2.26. The summed E-state index contributed by atoms with van der Waals surface area (Å²) in [6, 6.07) is 5.69. The van der Waals surface area contributed by atoms with E-state index in [9.17, 15) is 4.79 Å². The zero-order chi connectivity index (χ0) is 13.9. The number of methoxy groups -OCH3 is 1. The molecule has 20 heavy (non-hydrogen) atoms. The summed E-state index contributed by atoms with van der Waals surface area (Å²) in [4.78, 5) is 11.1. The first-order chi connectivity index (χ1) is 9.76. The van der Waals surface area contributed by atoms with Crippen LogP contribution in [0.25, 0.3) is 0 Å². The monoisotopic (exact) mass is 277 g/mol. The summed E-state index contributed by atoms with van der Waals surface area (Å²) in [5.41, 5.74) is 0.928. The van der Waals surface area contributed by atoms with Crippen molar-refractivity contribution in [3.05, 3.63) is 23.8 Å². The van der Waals surface area contributed by atoms with E-state index in [1.807, 2.05) is 18.2 Å². The molecule has 1 unspecified atom stereocenters. The van der Waals surface area contributed by atoms with Gasteiger partial charge in [0.1, 0.15) is 6.10 Å². The lowest BCUT2D eigenvalue weighted by Gasteiger charge is -2.18. The van der Waals surface area contributed by atoms with Gasteiger partial charge >= 0.3 is 6.09 Å². The maximum Gasteiger partial charge on any atom is 0.407 e. The van der Waals surface area contributed by atoms with Crippen LogP contribution in [-0.4, -0.2) is 25.9 Å². The quantitative estimate of drug-likeness (QED) is 0.919. The molecule has 5 heteroatoms. The number of rotatable bonds is 4. The number of hydrogen-bond acceptors (Lipinski definition) is 4. The maximum atomic E-state index is 11.1. The fourth-order valence-electron chi connectivity index (χ4n) is 2.75. The van der Waals surface area contributed by atoms with E-state index in [2.05, 4.69) is 5.32 Å². The molecule has 2 aliphatic rings. The molecule has 1 aromatic rings. The normalized spacial score (nSPS) is 22.4. The van der Waals surface area contributed by atoms with Crippen molar-refractivity contribution in [1.82, 2.24) is 5.32 Å². The third-order valence-electron chi connectivity index (χ3n) is 3.84. The van der Waals surface area contributed by atoms with Crippen LogP contribution in [0.5, 0.6) is 11.5 Å². The van der Waals surface area contributed by atoms with E-state index in [1.54, 1.807) is 7.11 Å². The van der Waals surface area contributed by atoms with Gasteiger partial charge in [-0.05, 0) is 43.4 Å². The Balaban J connectivity index is 1.80. The van der Waals surface area contributed by atoms with Gasteiger partial charge in [-0.1, -0.05) is 6.07 Å². The van der Waals surface area contributed by atoms with Crippen molar-refractivity contribution >= 4 is 6.09 Å². The molecule has 1 N–H and O–H groups in total. The van der Waals surface area contributed by atoms with Crippen LogP contribution in [0.3, 0.4) is 0 Å². The van der Waals surface area contributed by atoms with Crippen molar-refractivity contribution in [3.63, 3.8) is 0 Å². The van der Waals surface area contributed by atoms with Crippen LogP contribution in [0.1, 0.15) is 37.4 Å². The summed E-state index contributed by atoms with van der Waals surface area (Å²) >= 11 is 0. The number of nitrogens with one attached hydrogen (secondary N) is 1. The van der Waals surface area contributed by atoms with E-state index in [-0.39, 0.29) is 18.3 Å². The lowest BCUT2D eigenvalue weighted by atomic mass is 10.1. The van der Waals surface area contributed by atoms with Gasteiger partial charge in [0.2, 0.25) is 0 Å². The molecule has 1 saturated carbocycles. The third kappa shape index (κ3) is 2.66. The molecule has 1 amide bonds. The molecule has 0 radical (unpaired) electrons. The minimum absolute atomic E-state index is 0.251. The number of carbonyl (C=O) groups is 1. The second-order valence-electron chi connectivity index (χ2n) is 5.21. The first kappa shape index (κ1) is 13.1. The smallest absolute Gasteiger partial charge is 0.407 e. The summed E-state index contributed by atoms with van der Waals surface area (Å²) < 4.78 is 16.6. The zero-order valence-electron chi connectivity index (χ0n) is 11.6. The molecule has 2 fully saturated rings. The van der Waals surface area contributed by atoms with Crippen LogP contribution < -0.4 is 14.8 Å². The summed E-state index contributed by atoms with van der Waals surface area (Å²) in [7, 11) is 1.63. The number of cyclic esters (lactones) is 1. The predicted molar refractivity (Wildman–Crippen MR) is 73.1 cm³/mol. The Hall–Kier alpha value is -1.91. The average Bonchev–Trinajstić information content (AvgIpc) is 3.10. The molecule has 1 aliphatic carbocycles. The molecule has 5 nitrogen and oxygen atoms in total. The number of amides is 1. The highest BCUT2D eigenvalue weighted by atomic mass is 16.6. The first-order valence-corrected chi connectivity index (χ1v) is 7.05. The summed E-state index contributed by atoms with van der Waals surface area (Å²) in [6.07, 6.45) is 4.26. The molecular weight excluding hydrogens is 258 g/mol. The van der Waals surface area contributed by atoms with Gasteiger partial charge in [-0.15, -0.1) is 0 Å². The standard InChI is InChI=1S/C15H19NO4/c1-18-12-7-6-10(14-9-16-15(17)20-14)8-13(12)19-11-4-2-3-5-11/h6-8,11,14H,2-5,9H2,1H3,(H,16,17). The topological polar surface area (TPSA) is 56.8 Å². The lowest BCUT2D eigenvalue weighted by molar-refractivity contribution is 0.140. The largest absolute Gasteiger partial charge is 0.493 e. The van der Waals surface area contributed by atoms with Gasteiger partial charge in [-0.3, -0.25) is 0 Å². The predicted octanol–water partition coefficient (Wildman–Crippen LogP) is 2.80. The van der Waals surface area contributed by atoms with E-state index in [4.69, 9.17) is 14.2 Å². The fraction of sp³-hybridized carbons (Fsp3) is 0.533. The van der Waals surface area contributed by atoms with Crippen LogP contribution in [0.15, 0.2) is 18.2 Å². The number of carbonyl (C=O) groups excluding carboxylic acids is 1. The van der Waals surface area contributed by atoms with Crippen LogP contribution in [0.2, 0.25) is 0 Å². The number of benzene rings is 1. The Bertz CT molecular complexity index is 497. The molecule has 1 aliphatic heterocycles.